The van der Waals surface area contributed by atoms with Gasteiger partial charge in [-0.15, -0.1) is 0 Å². The predicted molar refractivity (Wildman–Crippen MR) is 97.1 cm³/mol. The number of nitrogens with zero attached hydrogens (tertiary/aromatic N) is 1. The third-order valence-corrected chi connectivity index (χ3v) is 5.02. The van der Waals surface area contributed by atoms with Gasteiger partial charge in [-0.3, -0.25) is 0 Å². The van der Waals surface area contributed by atoms with Crippen molar-refractivity contribution >= 4 is 5.97 Å². The van der Waals surface area contributed by atoms with Gasteiger partial charge in [-0.25, -0.2) is 4.79 Å². The van der Waals surface area contributed by atoms with Gasteiger partial charge in [0.15, 0.2) is 0 Å². The summed E-state index contributed by atoms with van der Waals surface area (Å²) in [7, 11) is 3.99. The first kappa shape index (κ1) is 17.6. The number of aliphatic hydroxyl groups is 1. The lowest BCUT2D eigenvalue weighted by molar-refractivity contribution is -0.169. The van der Waals surface area contributed by atoms with Crippen LogP contribution in [0.5, 0.6) is 0 Å². The largest absolute Gasteiger partial charge is 0.458 e. The van der Waals surface area contributed by atoms with E-state index < -0.39 is 11.6 Å². The molecule has 4 heteroatoms. The van der Waals surface area contributed by atoms with E-state index in [1.54, 1.807) is 24.3 Å². The maximum Gasteiger partial charge on any atom is 0.348 e. The van der Waals surface area contributed by atoms with Gasteiger partial charge in [0, 0.05) is 6.04 Å². The minimum atomic E-state index is -1.80. The first-order chi connectivity index (χ1) is 12.0. The van der Waals surface area contributed by atoms with Gasteiger partial charge >= 0.3 is 5.97 Å². The fourth-order valence-electron chi connectivity index (χ4n) is 3.62. The molecule has 2 unspecified atom stereocenters. The van der Waals surface area contributed by atoms with E-state index in [4.69, 9.17) is 4.74 Å². The van der Waals surface area contributed by atoms with E-state index in [1.807, 2.05) is 50.5 Å². The Hall–Kier alpha value is -2.17. The lowest BCUT2D eigenvalue weighted by Crippen LogP contribution is -2.44. The van der Waals surface area contributed by atoms with Crippen molar-refractivity contribution in [2.45, 2.75) is 37.0 Å². The summed E-state index contributed by atoms with van der Waals surface area (Å²) in [4.78, 5) is 15.2. The number of ether oxygens (including phenoxy) is 1. The summed E-state index contributed by atoms with van der Waals surface area (Å²) < 4.78 is 5.83. The summed E-state index contributed by atoms with van der Waals surface area (Å²) in [5.41, 5.74) is -0.765. The van der Waals surface area contributed by atoms with Crippen LogP contribution in [0.1, 0.15) is 30.4 Å². The molecule has 1 aliphatic rings. The molecule has 1 saturated carbocycles. The highest BCUT2D eigenvalue weighted by atomic mass is 16.6. The molecule has 0 aromatic heterocycles. The highest BCUT2D eigenvalue weighted by Crippen LogP contribution is 2.34. The van der Waals surface area contributed by atoms with Crippen LogP contribution in [0, 0.1) is 0 Å². The van der Waals surface area contributed by atoms with Crippen molar-refractivity contribution in [3.63, 3.8) is 0 Å². The molecule has 0 spiro atoms. The molecule has 25 heavy (non-hydrogen) atoms. The maximum atomic E-state index is 13.1. The average molecular weight is 339 g/mol. The van der Waals surface area contributed by atoms with Gasteiger partial charge in [0.1, 0.15) is 6.10 Å². The molecule has 2 aromatic carbocycles. The van der Waals surface area contributed by atoms with Gasteiger partial charge in [-0.2, -0.15) is 0 Å². The molecule has 0 bridgehead atoms. The smallest absolute Gasteiger partial charge is 0.348 e. The van der Waals surface area contributed by atoms with Crippen molar-refractivity contribution in [2.75, 3.05) is 14.1 Å². The van der Waals surface area contributed by atoms with Crippen LogP contribution in [0.15, 0.2) is 60.7 Å². The number of hydrogen-bond donors (Lipinski definition) is 1. The summed E-state index contributed by atoms with van der Waals surface area (Å²) >= 11 is 0. The molecule has 2 aromatic rings. The van der Waals surface area contributed by atoms with E-state index in [2.05, 4.69) is 4.90 Å². The SMILES string of the molecule is CN(C)C1CCCC1OC(=O)C(O)(c1ccccc1)c1ccccc1. The summed E-state index contributed by atoms with van der Waals surface area (Å²) in [6.45, 7) is 0. The Kier molecular flexibility index (Phi) is 5.21. The minimum Gasteiger partial charge on any atom is -0.458 e. The fraction of sp³-hybridized carbons (Fsp3) is 0.381. The molecule has 0 radical (unpaired) electrons. The molecular formula is C21H25NO3. The van der Waals surface area contributed by atoms with Crippen LogP contribution < -0.4 is 0 Å². The molecule has 132 valence electrons. The standard InChI is InChI=1S/C21H25NO3/c1-22(2)18-14-9-15-19(18)25-20(23)21(24,16-10-5-3-6-11-16)17-12-7-4-8-13-17/h3-8,10-13,18-19,24H,9,14-15H2,1-2H3. The van der Waals surface area contributed by atoms with Crippen LogP contribution in [0.4, 0.5) is 0 Å². The highest BCUT2D eigenvalue weighted by molar-refractivity contribution is 5.85. The lowest BCUT2D eigenvalue weighted by atomic mass is 9.86. The van der Waals surface area contributed by atoms with Crippen LogP contribution in [0.2, 0.25) is 0 Å². The molecule has 1 N–H and O–H groups in total. The second kappa shape index (κ2) is 7.38. The number of likely N-dealkylation sites (N-methyl/N-ethyl adjacent to an activating group) is 1. The Bertz CT molecular complexity index is 660. The molecule has 1 aliphatic carbocycles. The number of hydrogen-bond acceptors (Lipinski definition) is 4. The van der Waals surface area contributed by atoms with Gasteiger partial charge in [0.2, 0.25) is 5.60 Å². The predicted octanol–water partition coefficient (Wildman–Crippen LogP) is 2.95. The molecule has 2 atom stereocenters. The van der Waals surface area contributed by atoms with E-state index in [0.717, 1.165) is 19.3 Å². The highest BCUT2D eigenvalue weighted by Gasteiger charge is 2.44. The summed E-state index contributed by atoms with van der Waals surface area (Å²) in [5, 5.41) is 11.4. The van der Waals surface area contributed by atoms with Crippen molar-refractivity contribution in [1.29, 1.82) is 0 Å². The van der Waals surface area contributed by atoms with Gasteiger partial charge in [0.25, 0.3) is 0 Å². The molecule has 0 amide bonds. The number of carbonyl (C=O) groups excluding carboxylic acids is 1. The third-order valence-electron chi connectivity index (χ3n) is 5.02. The fourth-order valence-corrected chi connectivity index (χ4v) is 3.62. The molecule has 4 nitrogen and oxygen atoms in total. The van der Waals surface area contributed by atoms with E-state index in [0.29, 0.717) is 11.1 Å². The first-order valence-electron chi connectivity index (χ1n) is 8.74. The summed E-state index contributed by atoms with van der Waals surface area (Å²) in [6.07, 6.45) is 2.66. The van der Waals surface area contributed by atoms with E-state index in [-0.39, 0.29) is 12.1 Å². The van der Waals surface area contributed by atoms with Gasteiger partial charge < -0.3 is 14.7 Å². The van der Waals surface area contributed by atoms with Gasteiger partial charge in [-0.1, -0.05) is 60.7 Å². The Morgan fingerprint density at radius 1 is 1.00 bits per heavy atom. The van der Waals surface area contributed by atoms with Crippen LogP contribution in [-0.4, -0.2) is 42.2 Å². The third kappa shape index (κ3) is 3.46. The molecule has 0 heterocycles. The molecule has 0 aliphatic heterocycles. The summed E-state index contributed by atoms with van der Waals surface area (Å²) in [6, 6.07) is 18.2. The van der Waals surface area contributed by atoms with Crippen LogP contribution in [0.3, 0.4) is 0 Å². The van der Waals surface area contributed by atoms with Gasteiger partial charge in [-0.05, 0) is 44.5 Å². The van der Waals surface area contributed by atoms with Crippen molar-refractivity contribution in [1.82, 2.24) is 4.90 Å². The Labute approximate surface area is 149 Å². The zero-order chi connectivity index (χ0) is 17.9. The van der Waals surface area contributed by atoms with Crippen molar-refractivity contribution < 1.29 is 14.6 Å². The number of rotatable bonds is 5. The van der Waals surface area contributed by atoms with E-state index in [1.165, 1.54) is 0 Å². The van der Waals surface area contributed by atoms with Crippen molar-refractivity contribution in [3.8, 4) is 0 Å². The van der Waals surface area contributed by atoms with E-state index >= 15 is 0 Å². The first-order valence-corrected chi connectivity index (χ1v) is 8.74. The summed E-state index contributed by atoms with van der Waals surface area (Å²) in [5.74, 6) is -0.608. The zero-order valence-electron chi connectivity index (χ0n) is 14.8. The van der Waals surface area contributed by atoms with Crippen LogP contribution in [-0.2, 0) is 15.1 Å². The number of carbonyl (C=O) groups is 1. The molecule has 0 saturated heterocycles. The monoisotopic (exact) mass is 339 g/mol. The number of esters is 1. The van der Waals surface area contributed by atoms with Gasteiger partial charge in [0.05, 0.1) is 0 Å². The average Bonchev–Trinajstić information content (AvgIpc) is 3.11. The number of benzene rings is 2. The maximum absolute atomic E-state index is 13.1. The molecule has 3 rings (SSSR count). The second-order valence-electron chi connectivity index (χ2n) is 6.85. The normalized spacial score (nSPS) is 20.6. The zero-order valence-corrected chi connectivity index (χ0v) is 14.8. The van der Waals surface area contributed by atoms with Crippen molar-refractivity contribution in [2.24, 2.45) is 0 Å². The lowest BCUT2D eigenvalue weighted by Gasteiger charge is -2.31. The Morgan fingerprint density at radius 2 is 1.52 bits per heavy atom. The van der Waals surface area contributed by atoms with Crippen molar-refractivity contribution in [3.05, 3.63) is 71.8 Å². The minimum absolute atomic E-state index is 0.193. The molecular weight excluding hydrogens is 314 g/mol. The van der Waals surface area contributed by atoms with Crippen LogP contribution in [0.25, 0.3) is 0 Å². The van der Waals surface area contributed by atoms with Crippen LogP contribution >= 0.6 is 0 Å². The second-order valence-corrected chi connectivity index (χ2v) is 6.85. The van der Waals surface area contributed by atoms with E-state index in [9.17, 15) is 9.90 Å². The Balaban J connectivity index is 1.94. The quantitative estimate of drug-likeness (QED) is 0.851. The molecule has 1 fully saturated rings. The Morgan fingerprint density at radius 3 is 2.00 bits per heavy atom. The topological polar surface area (TPSA) is 49.8 Å².